The summed E-state index contributed by atoms with van der Waals surface area (Å²) in [5, 5.41) is 11.7. The van der Waals surface area contributed by atoms with Crippen LogP contribution in [0, 0.1) is 0 Å². The first kappa shape index (κ1) is 10.4. The summed E-state index contributed by atoms with van der Waals surface area (Å²) in [5.74, 6) is 0. The highest BCUT2D eigenvalue weighted by Crippen LogP contribution is 2.23. The number of pyridine rings is 1. The van der Waals surface area contributed by atoms with Gasteiger partial charge in [0, 0.05) is 24.5 Å². The molecule has 0 radical (unpaired) electrons. The van der Waals surface area contributed by atoms with Crippen LogP contribution in [0.15, 0.2) is 30.7 Å². The molecule has 3 heterocycles. The second kappa shape index (κ2) is 4.63. The van der Waals surface area contributed by atoms with E-state index in [-0.39, 0.29) is 0 Å². The van der Waals surface area contributed by atoms with Crippen LogP contribution in [-0.4, -0.2) is 33.1 Å². The van der Waals surface area contributed by atoms with E-state index in [1.165, 1.54) is 6.42 Å². The third-order valence-electron chi connectivity index (χ3n) is 3.17. The van der Waals surface area contributed by atoms with Crippen LogP contribution < -0.4 is 5.32 Å². The van der Waals surface area contributed by atoms with Crippen molar-refractivity contribution in [2.75, 3.05) is 13.1 Å². The fourth-order valence-electron chi connectivity index (χ4n) is 2.28. The molecule has 1 aliphatic rings. The van der Waals surface area contributed by atoms with Gasteiger partial charge in [0.1, 0.15) is 0 Å². The predicted molar refractivity (Wildman–Crippen MR) is 64.4 cm³/mol. The van der Waals surface area contributed by atoms with E-state index >= 15 is 0 Å². The standard InChI is InChI=1S/C12H15N5/c1-2-11(8-14-5-1)17-12(9-15-16-17)10-3-6-13-7-4-10/h3-4,6-7,9,11,14H,1-2,5,8H2. The SMILES string of the molecule is c1cc(-c2cnnn2C2CCCNC2)ccn1. The zero-order valence-corrected chi connectivity index (χ0v) is 9.58. The molecule has 2 aromatic rings. The fraction of sp³-hybridized carbons (Fsp3) is 0.417. The predicted octanol–water partition coefficient (Wildman–Crippen LogP) is 1.26. The van der Waals surface area contributed by atoms with E-state index in [4.69, 9.17) is 0 Å². The molecule has 0 spiro atoms. The van der Waals surface area contributed by atoms with E-state index in [2.05, 4.69) is 20.6 Å². The summed E-state index contributed by atoms with van der Waals surface area (Å²) in [5.41, 5.74) is 2.19. The first-order valence-corrected chi connectivity index (χ1v) is 5.96. The normalized spacial score (nSPS) is 20.4. The molecule has 0 aromatic carbocycles. The first-order chi connectivity index (χ1) is 8.45. The number of nitrogens with zero attached hydrogens (tertiary/aromatic N) is 4. The number of hydrogen-bond acceptors (Lipinski definition) is 4. The molecular formula is C12H15N5. The highest BCUT2D eigenvalue weighted by atomic mass is 15.4. The van der Waals surface area contributed by atoms with Gasteiger partial charge in [0.25, 0.3) is 0 Å². The summed E-state index contributed by atoms with van der Waals surface area (Å²) in [6.07, 6.45) is 7.77. The minimum Gasteiger partial charge on any atom is -0.315 e. The molecule has 1 aliphatic heterocycles. The smallest absolute Gasteiger partial charge is 0.0890 e. The van der Waals surface area contributed by atoms with Crippen LogP contribution >= 0.6 is 0 Å². The lowest BCUT2D eigenvalue weighted by atomic mass is 10.1. The molecule has 1 saturated heterocycles. The van der Waals surface area contributed by atoms with Gasteiger partial charge in [-0.2, -0.15) is 0 Å². The molecule has 17 heavy (non-hydrogen) atoms. The van der Waals surface area contributed by atoms with E-state index in [0.29, 0.717) is 6.04 Å². The molecule has 3 rings (SSSR count). The quantitative estimate of drug-likeness (QED) is 0.842. The van der Waals surface area contributed by atoms with E-state index in [1.807, 2.05) is 23.0 Å². The van der Waals surface area contributed by atoms with Crippen molar-refractivity contribution in [3.8, 4) is 11.3 Å². The van der Waals surface area contributed by atoms with Gasteiger partial charge in [-0.15, -0.1) is 5.10 Å². The van der Waals surface area contributed by atoms with E-state index in [9.17, 15) is 0 Å². The summed E-state index contributed by atoms with van der Waals surface area (Å²) < 4.78 is 2.03. The maximum Gasteiger partial charge on any atom is 0.0890 e. The van der Waals surface area contributed by atoms with Gasteiger partial charge in [0.15, 0.2) is 0 Å². The van der Waals surface area contributed by atoms with E-state index < -0.39 is 0 Å². The minimum absolute atomic E-state index is 0.411. The Morgan fingerprint density at radius 2 is 2.18 bits per heavy atom. The summed E-state index contributed by atoms with van der Waals surface area (Å²) in [7, 11) is 0. The van der Waals surface area contributed by atoms with Crippen LogP contribution in [0.1, 0.15) is 18.9 Å². The molecule has 0 saturated carbocycles. The van der Waals surface area contributed by atoms with Crippen LogP contribution in [0.2, 0.25) is 0 Å². The van der Waals surface area contributed by atoms with Crippen LogP contribution in [0.4, 0.5) is 0 Å². The molecule has 1 unspecified atom stereocenters. The lowest BCUT2D eigenvalue weighted by Crippen LogP contribution is -2.32. The van der Waals surface area contributed by atoms with Gasteiger partial charge in [0.2, 0.25) is 0 Å². The minimum atomic E-state index is 0.411. The van der Waals surface area contributed by atoms with Crippen molar-refractivity contribution in [3.05, 3.63) is 30.7 Å². The topological polar surface area (TPSA) is 55.6 Å². The number of piperidine rings is 1. The molecule has 5 heteroatoms. The van der Waals surface area contributed by atoms with Gasteiger partial charge in [-0.3, -0.25) is 4.98 Å². The van der Waals surface area contributed by atoms with Crippen molar-refractivity contribution in [1.82, 2.24) is 25.3 Å². The molecule has 88 valence electrons. The molecule has 0 aliphatic carbocycles. The molecule has 5 nitrogen and oxygen atoms in total. The van der Waals surface area contributed by atoms with Crippen molar-refractivity contribution in [2.45, 2.75) is 18.9 Å². The second-order valence-corrected chi connectivity index (χ2v) is 4.30. The lowest BCUT2D eigenvalue weighted by Gasteiger charge is -2.24. The molecule has 1 N–H and O–H groups in total. The summed E-state index contributed by atoms with van der Waals surface area (Å²) >= 11 is 0. The van der Waals surface area contributed by atoms with Gasteiger partial charge < -0.3 is 5.32 Å². The Balaban J connectivity index is 1.93. The van der Waals surface area contributed by atoms with Crippen molar-refractivity contribution in [3.63, 3.8) is 0 Å². The Morgan fingerprint density at radius 1 is 1.29 bits per heavy atom. The van der Waals surface area contributed by atoms with E-state index in [1.54, 1.807) is 12.4 Å². The number of hydrogen-bond donors (Lipinski definition) is 1. The average molecular weight is 229 g/mol. The summed E-state index contributed by atoms with van der Waals surface area (Å²) in [6, 6.07) is 4.39. The fourth-order valence-corrected chi connectivity index (χ4v) is 2.28. The monoisotopic (exact) mass is 229 g/mol. The van der Waals surface area contributed by atoms with Crippen molar-refractivity contribution >= 4 is 0 Å². The van der Waals surface area contributed by atoms with E-state index in [0.717, 1.165) is 30.8 Å². The molecule has 2 aromatic heterocycles. The Kier molecular flexibility index (Phi) is 2.83. The van der Waals surface area contributed by atoms with Crippen molar-refractivity contribution in [2.24, 2.45) is 0 Å². The lowest BCUT2D eigenvalue weighted by molar-refractivity contribution is 0.344. The van der Waals surface area contributed by atoms with Gasteiger partial charge in [0.05, 0.1) is 17.9 Å². The maximum absolute atomic E-state index is 4.22. The molecule has 1 atom stereocenters. The first-order valence-electron chi connectivity index (χ1n) is 5.96. The van der Waals surface area contributed by atoms with Crippen molar-refractivity contribution < 1.29 is 0 Å². The average Bonchev–Trinajstić information content (AvgIpc) is 2.90. The zero-order chi connectivity index (χ0) is 11.5. The molecule has 0 amide bonds. The third-order valence-corrected chi connectivity index (χ3v) is 3.17. The molecular weight excluding hydrogens is 214 g/mol. The third kappa shape index (κ3) is 2.06. The van der Waals surface area contributed by atoms with Crippen LogP contribution in [0.3, 0.4) is 0 Å². The maximum atomic E-state index is 4.22. The Morgan fingerprint density at radius 3 is 2.94 bits per heavy atom. The number of rotatable bonds is 2. The molecule has 0 bridgehead atoms. The van der Waals surface area contributed by atoms with Crippen LogP contribution in [0.5, 0.6) is 0 Å². The van der Waals surface area contributed by atoms with Gasteiger partial charge in [-0.25, -0.2) is 4.68 Å². The summed E-state index contributed by atoms with van der Waals surface area (Å²) in [4.78, 5) is 4.04. The highest BCUT2D eigenvalue weighted by Gasteiger charge is 2.19. The van der Waals surface area contributed by atoms with Crippen molar-refractivity contribution in [1.29, 1.82) is 0 Å². The Hall–Kier alpha value is -1.75. The number of nitrogens with one attached hydrogen (secondary N) is 1. The van der Waals surface area contributed by atoms with Crippen LogP contribution in [-0.2, 0) is 0 Å². The van der Waals surface area contributed by atoms with Gasteiger partial charge in [-0.05, 0) is 31.5 Å². The highest BCUT2D eigenvalue weighted by molar-refractivity contribution is 5.57. The Bertz CT molecular complexity index is 473. The van der Waals surface area contributed by atoms with Crippen LogP contribution in [0.25, 0.3) is 11.3 Å². The summed E-state index contributed by atoms with van der Waals surface area (Å²) in [6.45, 7) is 2.08. The molecule has 1 fully saturated rings. The number of aromatic nitrogens is 4. The second-order valence-electron chi connectivity index (χ2n) is 4.30. The largest absolute Gasteiger partial charge is 0.315 e. The Labute approximate surface area is 99.9 Å². The van der Waals surface area contributed by atoms with Gasteiger partial charge in [-0.1, -0.05) is 5.21 Å². The van der Waals surface area contributed by atoms with Gasteiger partial charge >= 0.3 is 0 Å². The zero-order valence-electron chi connectivity index (χ0n) is 9.58.